The Kier molecular flexibility index (Phi) is 6.80. The van der Waals surface area contributed by atoms with Crippen molar-refractivity contribution in [3.8, 4) is 0 Å². The van der Waals surface area contributed by atoms with Gasteiger partial charge in [-0.2, -0.15) is 0 Å². The quantitative estimate of drug-likeness (QED) is 0.516. The van der Waals surface area contributed by atoms with Crippen LogP contribution in [0.4, 0.5) is 0 Å². The van der Waals surface area contributed by atoms with Gasteiger partial charge in [-0.25, -0.2) is 19.6 Å². The first kappa shape index (κ1) is 21.6. The van der Waals surface area contributed by atoms with E-state index in [1.807, 2.05) is 27.7 Å². The molecule has 0 aromatic carbocycles. The number of hydrogen-bond donors (Lipinski definition) is 0. The Morgan fingerprint density at radius 2 is 1.34 bits per heavy atom. The van der Waals surface area contributed by atoms with Crippen molar-refractivity contribution in [2.24, 2.45) is 15.4 Å². The van der Waals surface area contributed by atoms with Gasteiger partial charge in [0.1, 0.15) is 18.6 Å². The molecule has 3 aliphatic rings. The Labute approximate surface area is 172 Å². The number of esters is 2. The monoisotopic (exact) mass is 408 g/mol. The molecule has 2 aliphatic heterocycles. The zero-order chi connectivity index (χ0) is 21.0. The minimum absolute atomic E-state index is 0.133. The van der Waals surface area contributed by atoms with E-state index in [4.69, 9.17) is 18.9 Å². The lowest BCUT2D eigenvalue weighted by Gasteiger charge is -2.13. The standard InChI is InChI=1S/C21H32N2O6/c1-5-7-13(3)28-17(24)15-11-26-19(22-15)21(9-10-21)20-23-16(12-27-20)18(25)29-14(4)8-6-2/h13-16H,5-12H2,1-4H3/t13?,14?,15-,16-/m1/s1. The molecule has 0 bridgehead atoms. The average Bonchev–Trinajstić information content (AvgIpc) is 3.09. The van der Waals surface area contributed by atoms with Gasteiger partial charge in [0.05, 0.1) is 12.2 Å². The Bertz CT molecular complexity index is 631. The molecule has 2 heterocycles. The maximum Gasteiger partial charge on any atom is 0.334 e. The molecule has 0 radical (unpaired) electrons. The maximum absolute atomic E-state index is 12.3. The van der Waals surface area contributed by atoms with Crippen LogP contribution in [0.5, 0.6) is 0 Å². The summed E-state index contributed by atoms with van der Waals surface area (Å²) in [5.74, 6) is 0.208. The summed E-state index contributed by atoms with van der Waals surface area (Å²) >= 11 is 0. The lowest BCUT2D eigenvalue weighted by Crippen LogP contribution is -2.26. The van der Waals surface area contributed by atoms with Crippen LogP contribution in [0, 0.1) is 5.41 Å². The molecule has 29 heavy (non-hydrogen) atoms. The van der Waals surface area contributed by atoms with Gasteiger partial charge in [0.2, 0.25) is 0 Å². The fourth-order valence-corrected chi connectivity index (χ4v) is 3.64. The number of ether oxygens (including phenoxy) is 4. The summed E-state index contributed by atoms with van der Waals surface area (Å²) in [6, 6.07) is -1.31. The van der Waals surface area contributed by atoms with Crippen molar-refractivity contribution in [1.29, 1.82) is 0 Å². The molecule has 3 rings (SSSR count). The second-order valence-electron chi connectivity index (χ2n) is 8.18. The van der Waals surface area contributed by atoms with Crippen LogP contribution >= 0.6 is 0 Å². The van der Waals surface area contributed by atoms with Crippen molar-refractivity contribution in [2.75, 3.05) is 13.2 Å². The first-order valence-electron chi connectivity index (χ1n) is 10.7. The van der Waals surface area contributed by atoms with Gasteiger partial charge >= 0.3 is 11.9 Å². The second-order valence-corrected chi connectivity index (χ2v) is 8.18. The first-order valence-corrected chi connectivity index (χ1v) is 10.7. The molecule has 0 saturated heterocycles. The van der Waals surface area contributed by atoms with Crippen LogP contribution < -0.4 is 0 Å². The predicted molar refractivity (Wildman–Crippen MR) is 107 cm³/mol. The third-order valence-electron chi connectivity index (χ3n) is 5.44. The summed E-state index contributed by atoms with van der Waals surface area (Å²) in [4.78, 5) is 33.6. The largest absolute Gasteiger partial charge is 0.477 e. The number of hydrogen-bond acceptors (Lipinski definition) is 8. The summed E-state index contributed by atoms with van der Waals surface area (Å²) in [5, 5.41) is 0. The minimum atomic E-state index is -0.653. The summed E-state index contributed by atoms with van der Waals surface area (Å²) in [6.07, 6.45) is 4.81. The Balaban J connectivity index is 1.61. The molecule has 1 aliphatic carbocycles. The van der Waals surface area contributed by atoms with Crippen molar-refractivity contribution in [1.82, 2.24) is 0 Å². The van der Waals surface area contributed by atoms with Crippen molar-refractivity contribution >= 4 is 23.7 Å². The molecular weight excluding hydrogens is 376 g/mol. The van der Waals surface area contributed by atoms with Crippen molar-refractivity contribution in [2.45, 2.75) is 90.5 Å². The molecule has 0 N–H and O–H groups in total. The van der Waals surface area contributed by atoms with Gasteiger partial charge in [0.25, 0.3) is 0 Å². The highest BCUT2D eigenvalue weighted by atomic mass is 16.6. The Morgan fingerprint density at radius 1 is 0.931 bits per heavy atom. The SMILES string of the molecule is CCCC(C)OC(=O)[C@H]1COC(C2(C3=N[C@@H](C(=O)OC(C)CCC)CO3)CC2)=N1. The molecule has 4 atom stereocenters. The lowest BCUT2D eigenvalue weighted by molar-refractivity contribution is -0.151. The van der Waals surface area contributed by atoms with Gasteiger partial charge < -0.3 is 18.9 Å². The lowest BCUT2D eigenvalue weighted by atomic mass is 10.1. The van der Waals surface area contributed by atoms with Crippen molar-refractivity contribution in [3.63, 3.8) is 0 Å². The van der Waals surface area contributed by atoms with E-state index < -0.39 is 17.5 Å². The van der Waals surface area contributed by atoms with Gasteiger partial charge in [0, 0.05) is 0 Å². The third-order valence-corrected chi connectivity index (χ3v) is 5.44. The van der Waals surface area contributed by atoms with Crippen LogP contribution in [0.2, 0.25) is 0 Å². The fraction of sp³-hybridized carbons (Fsp3) is 0.810. The third kappa shape index (κ3) is 4.90. The topological polar surface area (TPSA) is 95.8 Å². The molecule has 0 aromatic heterocycles. The molecule has 2 unspecified atom stereocenters. The Morgan fingerprint density at radius 3 is 1.69 bits per heavy atom. The van der Waals surface area contributed by atoms with Crippen molar-refractivity contribution < 1.29 is 28.5 Å². The van der Waals surface area contributed by atoms with Crippen molar-refractivity contribution in [3.05, 3.63) is 0 Å². The average molecular weight is 408 g/mol. The highest BCUT2D eigenvalue weighted by Gasteiger charge is 2.59. The second kappa shape index (κ2) is 9.13. The number of nitrogens with zero attached hydrogens (tertiary/aromatic N) is 2. The van der Waals surface area contributed by atoms with Gasteiger partial charge in [-0.15, -0.1) is 0 Å². The van der Waals surface area contributed by atoms with Gasteiger partial charge in [-0.1, -0.05) is 26.7 Å². The van der Waals surface area contributed by atoms with Crippen LogP contribution in [0.1, 0.15) is 66.2 Å². The summed E-state index contributed by atoms with van der Waals surface area (Å²) in [6.45, 7) is 8.19. The van der Waals surface area contributed by atoms with E-state index in [1.54, 1.807) is 0 Å². The van der Waals surface area contributed by atoms with E-state index in [9.17, 15) is 9.59 Å². The number of rotatable bonds is 10. The van der Waals surface area contributed by atoms with Crippen LogP contribution in [0.15, 0.2) is 9.98 Å². The fourth-order valence-electron chi connectivity index (χ4n) is 3.64. The molecular formula is C21H32N2O6. The smallest absolute Gasteiger partial charge is 0.334 e. The highest BCUT2D eigenvalue weighted by Crippen LogP contribution is 2.51. The minimum Gasteiger partial charge on any atom is -0.477 e. The normalized spacial score (nSPS) is 26.5. The summed E-state index contributed by atoms with van der Waals surface area (Å²) in [7, 11) is 0. The van der Waals surface area contributed by atoms with E-state index in [0.29, 0.717) is 11.8 Å². The van der Waals surface area contributed by atoms with Crippen LogP contribution in [0.3, 0.4) is 0 Å². The molecule has 8 nitrogen and oxygen atoms in total. The van der Waals surface area contributed by atoms with E-state index in [2.05, 4.69) is 9.98 Å². The van der Waals surface area contributed by atoms with Crippen LogP contribution in [-0.4, -0.2) is 61.2 Å². The number of aliphatic imine (C=N–C) groups is 2. The molecule has 162 valence electrons. The summed E-state index contributed by atoms with van der Waals surface area (Å²) < 4.78 is 22.3. The van der Waals surface area contributed by atoms with E-state index in [-0.39, 0.29) is 37.4 Å². The number of carbonyl (C=O) groups is 2. The molecule has 0 spiro atoms. The predicted octanol–water partition coefficient (Wildman–Crippen LogP) is 2.82. The molecule has 8 heteroatoms. The van der Waals surface area contributed by atoms with E-state index >= 15 is 0 Å². The zero-order valence-electron chi connectivity index (χ0n) is 17.8. The molecule has 0 amide bonds. The Hall–Kier alpha value is -2.12. The first-order chi connectivity index (χ1) is 13.9. The summed E-state index contributed by atoms with van der Waals surface area (Å²) in [5.41, 5.74) is -0.547. The van der Waals surface area contributed by atoms with Crippen LogP contribution in [0.25, 0.3) is 0 Å². The van der Waals surface area contributed by atoms with E-state index in [0.717, 1.165) is 38.5 Å². The van der Waals surface area contributed by atoms with Gasteiger partial charge in [-0.3, -0.25) is 0 Å². The van der Waals surface area contributed by atoms with Gasteiger partial charge in [0.15, 0.2) is 23.9 Å². The van der Waals surface area contributed by atoms with E-state index in [1.165, 1.54) is 0 Å². The zero-order valence-corrected chi connectivity index (χ0v) is 17.8. The molecule has 0 aromatic rings. The molecule has 1 saturated carbocycles. The molecule has 1 fully saturated rings. The highest BCUT2D eigenvalue weighted by molar-refractivity contribution is 6.10. The van der Waals surface area contributed by atoms with Gasteiger partial charge in [-0.05, 0) is 39.5 Å². The maximum atomic E-state index is 12.3. The van der Waals surface area contributed by atoms with Crippen LogP contribution in [-0.2, 0) is 28.5 Å². The number of carbonyl (C=O) groups excluding carboxylic acids is 2.